The average Bonchev–Trinajstić information content (AvgIpc) is 2.44. The summed E-state index contributed by atoms with van der Waals surface area (Å²) in [6, 6.07) is -0.418. The predicted molar refractivity (Wildman–Crippen MR) is 53.0 cm³/mol. The van der Waals surface area contributed by atoms with Crippen molar-refractivity contribution < 1.29 is 14.4 Å². The maximum atomic E-state index is 11.4. The van der Waals surface area contributed by atoms with Gasteiger partial charge in [0.05, 0.1) is 0 Å². The van der Waals surface area contributed by atoms with Gasteiger partial charge in [0.25, 0.3) is 0 Å². The third-order valence-electron chi connectivity index (χ3n) is 2.22. The van der Waals surface area contributed by atoms with Crippen molar-refractivity contribution in [2.45, 2.75) is 26.3 Å². The molecule has 1 unspecified atom stereocenters. The number of nitrogens with one attached hydrogen (secondary N) is 2. The Labute approximate surface area is 88.0 Å². The van der Waals surface area contributed by atoms with Crippen molar-refractivity contribution in [1.29, 1.82) is 0 Å². The van der Waals surface area contributed by atoms with Crippen LogP contribution in [0.15, 0.2) is 0 Å². The molecule has 1 heterocycles. The minimum atomic E-state index is -0.501. The highest BCUT2D eigenvalue weighted by Crippen LogP contribution is 1.97. The lowest BCUT2D eigenvalue weighted by molar-refractivity contribution is -0.122. The van der Waals surface area contributed by atoms with Gasteiger partial charge in [-0.2, -0.15) is 0 Å². The molecule has 0 radical (unpaired) electrons. The Balaban J connectivity index is 2.38. The molecule has 1 rings (SSSR count). The Morgan fingerprint density at radius 3 is 2.73 bits per heavy atom. The standard InChI is InChI=1S/C9H15N3O3/c1-3-6(2)10-7(13)4-12-5-8(14)11-9(12)15/h6H,3-5H2,1-2H3,(H,10,13)(H,11,14,15). The summed E-state index contributed by atoms with van der Waals surface area (Å²) in [4.78, 5) is 34.5. The molecule has 84 valence electrons. The molecule has 0 aromatic rings. The number of carbonyl (C=O) groups is 3. The van der Waals surface area contributed by atoms with E-state index in [1.54, 1.807) is 0 Å². The molecule has 1 aliphatic rings. The topological polar surface area (TPSA) is 78.5 Å². The number of hydrogen-bond donors (Lipinski definition) is 2. The van der Waals surface area contributed by atoms with Crippen LogP contribution in [-0.4, -0.2) is 41.9 Å². The van der Waals surface area contributed by atoms with E-state index in [1.165, 1.54) is 4.90 Å². The van der Waals surface area contributed by atoms with Crippen LogP contribution in [-0.2, 0) is 9.59 Å². The minimum Gasteiger partial charge on any atom is -0.352 e. The largest absolute Gasteiger partial charge is 0.352 e. The van der Waals surface area contributed by atoms with Crippen LogP contribution in [0.3, 0.4) is 0 Å². The molecule has 6 heteroatoms. The van der Waals surface area contributed by atoms with Crippen LogP contribution in [0.4, 0.5) is 4.79 Å². The molecule has 4 amide bonds. The molecule has 0 bridgehead atoms. The fourth-order valence-electron chi connectivity index (χ4n) is 1.21. The van der Waals surface area contributed by atoms with Gasteiger partial charge in [0.15, 0.2) is 0 Å². The zero-order chi connectivity index (χ0) is 11.4. The summed E-state index contributed by atoms with van der Waals surface area (Å²) in [5.74, 6) is -0.606. The molecule has 1 saturated heterocycles. The first kappa shape index (κ1) is 11.5. The Morgan fingerprint density at radius 1 is 1.60 bits per heavy atom. The second kappa shape index (κ2) is 4.77. The number of imide groups is 1. The maximum Gasteiger partial charge on any atom is 0.325 e. The van der Waals surface area contributed by atoms with E-state index in [4.69, 9.17) is 0 Å². The van der Waals surface area contributed by atoms with Gasteiger partial charge in [0.1, 0.15) is 13.1 Å². The lowest BCUT2D eigenvalue weighted by atomic mass is 10.2. The van der Waals surface area contributed by atoms with Crippen LogP contribution in [0, 0.1) is 0 Å². The van der Waals surface area contributed by atoms with Gasteiger partial charge >= 0.3 is 6.03 Å². The number of hydrogen-bond acceptors (Lipinski definition) is 3. The van der Waals surface area contributed by atoms with Crippen LogP contribution < -0.4 is 10.6 Å². The van der Waals surface area contributed by atoms with Gasteiger partial charge in [0, 0.05) is 6.04 Å². The number of rotatable bonds is 4. The van der Waals surface area contributed by atoms with Crippen LogP contribution in [0.1, 0.15) is 20.3 Å². The summed E-state index contributed by atoms with van der Waals surface area (Å²) in [6.07, 6.45) is 0.830. The van der Waals surface area contributed by atoms with Gasteiger partial charge in [-0.3, -0.25) is 14.9 Å². The first-order chi connectivity index (χ1) is 7.02. The molecule has 0 aromatic heterocycles. The highest BCUT2D eigenvalue weighted by molar-refractivity contribution is 6.03. The third-order valence-corrected chi connectivity index (χ3v) is 2.22. The van der Waals surface area contributed by atoms with E-state index < -0.39 is 6.03 Å². The van der Waals surface area contributed by atoms with Crippen molar-refractivity contribution in [3.05, 3.63) is 0 Å². The zero-order valence-corrected chi connectivity index (χ0v) is 8.87. The first-order valence-corrected chi connectivity index (χ1v) is 4.91. The third kappa shape index (κ3) is 3.23. The Bertz CT molecular complexity index is 290. The van der Waals surface area contributed by atoms with E-state index in [-0.39, 0.29) is 30.9 Å². The molecule has 1 fully saturated rings. The smallest absolute Gasteiger partial charge is 0.325 e. The molecule has 15 heavy (non-hydrogen) atoms. The highest BCUT2D eigenvalue weighted by atomic mass is 16.2. The number of urea groups is 1. The molecule has 0 aliphatic carbocycles. The second-order valence-corrected chi connectivity index (χ2v) is 3.59. The van der Waals surface area contributed by atoms with Gasteiger partial charge in [-0.15, -0.1) is 0 Å². The number of nitrogens with zero attached hydrogens (tertiary/aromatic N) is 1. The summed E-state index contributed by atoms with van der Waals surface area (Å²) in [6.45, 7) is 3.73. The van der Waals surface area contributed by atoms with E-state index in [0.29, 0.717) is 0 Å². The van der Waals surface area contributed by atoms with Crippen molar-refractivity contribution in [2.75, 3.05) is 13.1 Å². The molecule has 1 atom stereocenters. The molecule has 2 N–H and O–H groups in total. The van der Waals surface area contributed by atoms with E-state index in [0.717, 1.165) is 6.42 Å². The molecule has 6 nitrogen and oxygen atoms in total. The van der Waals surface area contributed by atoms with Crippen molar-refractivity contribution in [3.63, 3.8) is 0 Å². The van der Waals surface area contributed by atoms with Gasteiger partial charge in [-0.05, 0) is 13.3 Å². The summed E-state index contributed by atoms with van der Waals surface area (Å²) in [5.41, 5.74) is 0. The monoisotopic (exact) mass is 213 g/mol. The molecular weight excluding hydrogens is 198 g/mol. The summed E-state index contributed by atoms with van der Waals surface area (Å²) in [7, 11) is 0. The molecule has 1 aliphatic heterocycles. The van der Waals surface area contributed by atoms with Gasteiger partial charge in [-0.1, -0.05) is 6.92 Å². The summed E-state index contributed by atoms with van der Waals surface area (Å²) < 4.78 is 0. The van der Waals surface area contributed by atoms with Gasteiger partial charge in [-0.25, -0.2) is 4.79 Å². The van der Waals surface area contributed by atoms with E-state index in [2.05, 4.69) is 10.6 Å². The van der Waals surface area contributed by atoms with Crippen molar-refractivity contribution >= 4 is 17.8 Å². The van der Waals surface area contributed by atoms with E-state index >= 15 is 0 Å². The Kier molecular flexibility index (Phi) is 3.65. The minimum absolute atomic E-state index is 0.0350. The van der Waals surface area contributed by atoms with Gasteiger partial charge < -0.3 is 10.2 Å². The fraction of sp³-hybridized carbons (Fsp3) is 0.667. The van der Waals surface area contributed by atoms with Crippen LogP contribution in [0.2, 0.25) is 0 Å². The van der Waals surface area contributed by atoms with Gasteiger partial charge in [0.2, 0.25) is 11.8 Å². The van der Waals surface area contributed by atoms with Crippen molar-refractivity contribution in [3.8, 4) is 0 Å². The Morgan fingerprint density at radius 2 is 2.27 bits per heavy atom. The van der Waals surface area contributed by atoms with Crippen LogP contribution in [0.25, 0.3) is 0 Å². The van der Waals surface area contributed by atoms with Crippen molar-refractivity contribution in [1.82, 2.24) is 15.5 Å². The van der Waals surface area contributed by atoms with Crippen LogP contribution in [0.5, 0.6) is 0 Å². The zero-order valence-electron chi connectivity index (χ0n) is 8.87. The predicted octanol–water partition coefficient (Wildman–Crippen LogP) is -0.547. The maximum absolute atomic E-state index is 11.4. The molecule has 0 spiro atoms. The number of carbonyl (C=O) groups excluding carboxylic acids is 3. The first-order valence-electron chi connectivity index (χ1n) is 4.91. The lowest BCUT2D eigenvalue weighted by Crippen LogP contribution is -2.42. The molecule has 0 aromatic carbocycles. The highest BCUT2D eigenvalue weighted by Gasteiger charge is 2.28. The quantitative estimate of drug-likeness (QED) is 0.615. The summed E-state index contributed by atoms with van der Waals surface area (Å²) >= 11 is 0. The molecule has 0 saturated carbocycles. The van der Waals surface area contributed by atoms with Crippen LogP contribution >= 0.6 is 0 Å². The van der Waals surface area contributed by atoms with E-state index in [9.17, 15) is 14.4 Å². The molecular formula is C9H15N3O3. The average molecular weight is 213 g/mol. The second-order valence-electron chi connectivity index (χ2n) is 3.59. The van der Waals surface area contributed by atoms with Crippen molar-refractivity contribution in [2.24, 2.45) is 0 Å². The SMILES string of the molecule is CCC(C)NC(=O)CN1CC(=O)NC1=O. The summed E-state index contributed by atoms with van der Waals surface area (Å²) in [5, 5.41) is 4.83. The van der Waals surface area contributed by atoms with E-state index in [1.807, 2.05) is 13.8 Å². The normalized spacial score (nSPS) is 17.6. The number of amides is 4. The lowest BCUT2D eigenvalue weighted by Gasteiger charge is -2.15. The Hall–Kier alpha value is -1.59. The fourth-order valence-corrected chi connectivity index (χ4v) is 1.21.